The van der Waals surface area contributed by atoms with Crippen LogP contribution in [0.15, 0.2) is 23.1 Å². The first kappa shape index (κ1) is 18.2. The molecule has 1 aliphatic heterocycles. The van der Waals surface area contributed by atoms with E-state index >= 15 is 0 Å². The summed E-state index contributed by atoms with van der Waals surface area (Å²) in [7, 11) is -1.52. The van der Waals surface area contributed by atoms with Gasteiger partial charge in [-0.2, -0.15) is 4.31 Å². The van der Waals surface area contributed by atoms with E-state index in [1.807, 2.05) is 27.8 Å². The first-order valence-electron chi connectivity index (χ1n) is 8.26. The molecule has 0 spiro atoms. The molecule has 0 amide bonds. The van der Waals surface area contributed by atoms with Crippen molar-refractivity contribution in [2.24, 2.45) is 5.92 Å². The molecule has 1 heterocycles. The third kappa shape index (κ3) is 4.46. The molecule has 130 valence electrons. The molecule has 2 rings (SSSR count). The van der Waals surface area contributed by atoms with Crippen molar-refractivity contribution < 1.29 is 13.2 Å². The molecule has 1 saturated heterocycles. The summed E-state index contributed by atoms with van der Waals surface area (Å²) < 4.78 is 33.1. The molecule has 0 saturated carbocycles. The highest BCUT2D eigenvalue weighted by atomic mass is 32.2. The van der Waals surface area contributed by atoms with Gasteiger partial charge in [-0.05, 0) is 76.9 Å². The predicted molar refractivity (Wildman–Crippen MR) is 92.4 cm³/mol. The average Bonchev–Trinajstić information content (AvgIpc) is 2.49. The number of benzene rings is 1. The summed E-state index contributed by atoms with van der Waals surface area (Å²) in [5.74, 6) is 1.12. The average molecular weight is 340 g/mol. The molecular formula is C17H28N2O3S. The summed E-state index contributed by atoms with van der Waals surface area (Å²) in [4.78, 5) is 0.358. The minimum Gasteiger partial charge on any atom is -0.491 e. The Hall–Kier alpha value is -1.11. The largest absolute Gasteiger partial charge is 0.491 e. The minimum absolute atomic E-state index is 0.0700. The molecule has 0 unspecified atom stereocenters. The molecule has 1 atom stereocenters. The lowest BCUT2D eigenvalue weighted by Crippen LogP contribution is -2.42. The third-order valence-corrected chi connectivity index (χ3v) is 5.98. The van der Waals surface area contributed by atoms with Crippen LogP contribution in [-0.2, 0) is 10.0 Å². The van der Waals surface area contributed by atoms with Gasteiger partial charge in [0.1, 0.15) is 5.75 Å². The van der Waals surface area contributed by atoms with Crippen LogP contribution < -0.4 is 10.1 Å². The fourth-order valence-corrected chi connectivity index (χ4v) is 4.66. The zero-order valence-corrected chi connectivity index (χ0v) is 15.3. The Morgan fingerprint density at radius 1 is 1.39 bits per heavy atom. The van der Waals surface area contributed by atoms with E-state index in [1.54, 1.807) is 22.5 Å². The second-order valence-electron chi connectivity index (χ2n) is 6.52. The Morgan fingerprint density at radius 3 is 2.74 bits per heavy atom. The van der Waals surface area contributed by atoms with E-state index in [4.69, 9.17) is 4.74 Å². The lowest BCUT2D eigenvalue weighted by molar-refractivity contribution is 0.240. The maximum absolute atomic E-state index is 12.9. The molecule has 1 aliphatic rings. The Labute approximate surface area is 140 Å². The Bertz CT molecular complexity index is 627. The summed E-state index contributed by atoms with van der Waals surface area (Å²) in [6, 6.07) is 5.13. The molecule has 0 radical (unpaired) electrons. The van der Waals surface area contributed by atoms with E-state index in [-0.39, 0.29) is 6.10 Å². The number of piperidine rings is 1. The van der Waals surface area contributed by atoms with E-state index in [0.717, 1.165) is 30.7 Å². The van der Waals surface area contributed by atoms with E-state index in [0.29, 0.717) is 23.9 Å². The van der Waals surface area contributed by atoms with Gasteiger partial charge in [0, 0.05) is 13.1 Å². The molecule has 1 N–H and O–H groups in total. The Morgan fingerprint density at radius 2 is 2.13 bits per heavy atom. The summed E-state index contributed by atoms with van der Waals surface area (Å²) >= 11 is 0. The number of hydrogen-bond acceptors (Lipinski definition) is 4. The standard InChI is InChI=1S/C17H28N2O3S/c1-13(2)22-17-8-7-16(10-14(17)3)23(20,21)19-9-5-6-15(12-19)11-18-4/h7-8,10,13,15,18H,5-6,9,11-12H2,1-4H3/t15-/m1/s1. The molecule has 0 bridgehead atoms. The lowest BCUT2D eigenvalue weighted by Gasteiger charge is -2.32. The number of rotatable bonds is 6. The second-order valence-corrected chi connectivity index (χ2v) is 8.46. The van der Waals surface area contributed by atoms with Crippen molar-refractivity contribution in [3.63, 3.8) is 0 Å². The van der Waals surface area contributed by atoms with Gasteiger partial charge in [-0.15, -0.1) is 0 Å². The van der Waals surface area contributed by atoms with Gasteiger partial charge < -0.3 is 10.1 Å². The van der Waals surface area contributed by atoms with Crippen molar-refractivity contribution in [2.45, 2.75) is 44.6 Å². The molecule has 1 aromatic rings. The van der Waals surface area contributed by atoms with Crippen molar-refractivity contribution in [1.82, 2.24) is 9.62 Å². The highest BCUT2D eigenvalue weighted by Gasteiger charge is 2.30. The number of nitrogens with one attached hydrogen (secondary N) is 1. The first-order chi connectivity index (χ1) is 10.8. The van der Waals surface area contributed by atoms with Crippen LogP contribution in [0.1, 0.15) is 32.3 Å². The highest BCUT2D eigenvalue weighted by molar-refractivity contribution is 7.89. The molecule has 0 aliphatic carbocycles. The maximum Gasteiger partial charge on any atom is 0.243 e. The van der Waals surface area contributed by atoms with Gasteiger partial charge >= 0.3 is 0 Å². The van der Waals surface area contributed by atoms with Crippen LogP contribution in [0.2, 0.25) is 0 Å². The van der Waals surface area contributed by atoms with Gasteiger partial charge in [-0.1, -0.05) is 0 Å². The smallest absolute Gasteiger partial charge is 0.243 e. The van der Waals surface area contributed by atoms with Crippen molar-refractivity contribution >= 4 is 10.0 Å². The Kier molecular flexibility index (Phi) is 6.06. The zero-order chi connectivity index (χ0) is 17.0. The molecule has 23 heavy (non-hydrogen) atoms. The van der Waals surface area contributed by atoms with Crippen LogP contribution in [0, 0.1) is 12.8 Å². The van der Waals surface area contributed by atoms with Crippen molar-refractivity contribution in [3.8, 4) is 5.75 Å². The number of nitrogens with zero attached hydrogens (tertiary/aromatic N) is 1. The zero-order valence-electron chi connectivity index (χ0n) is 14.5. The molecular weight excluding hydrogens is 312 g/mol. The quantitative estimate of drug-likeness (QED) is 0.864. The SMILES string of the molecule is CNC[C@H]1CCCN(S(=O)(=O)c2ccc(OC(C)C)c(C)c2)C1. The summed E-state index contributed by atoms with van der Waals surface area (Å²) in [6.07, 6.45) is 2.06. The Balaban J connectivity index is 2.20. The predicted octanol–water partition coefficient (Wildman–Crippen LogP) is 2.40. The normalized spacial score (nSPS) is 20.0. The molecule has 6 heteroatoms. The van der Waals surface area contributed by atoms with Crippen LogP contribution >= 0.6 is 0 Å². The topological polar surface area (TPSA) is 58.6 Å². The first-order valence-corrected chi connectivity index (χ1v) is 9.70. The summed E-state index contributed by atoms with van der Waals surface area (Å²) in [6.45, 7) is 7.85. The lowest BCUT2D eigenvalue weighted by atomic mass is 10.00. The van der Waals surface area contributed by atoms with Gasteiger partial charge in [0.25, 0.3) is 0 Å². The van der Waals surface area contributed by atoms with Gasteiger partial charge in [0.05, 0.1) is 11.0 Å². The number of ether oxygens (including phenoxy) is 1. The van der Waals surface area contributed by atoms with E-state index < -0.39 is 10.0 Å². The third-order valence-electron chi connectivity index (χ3n) is 4.12. The van der Waals surface area contributed by atoms with Gasteiger partial charge in [-0.3, -0.25) is 0 Å². The van der Waals surface area contributed by atoms with E-state index in [1.165, 1.54) is 0 Å². The second kappa shape index (κ2) is 7.64. The van der Waals surface area contributed by atoms with Crippen LogP contribution in [0.4, 0.5) is 0 Å². The van der Waals surface area contributed by atoms with Crippen molar-refractivity contribution in [2.75, 3.05) is 26.7 Å². The fraction of sp³-hybridized carbons (Fsp3) is 0.647. The highest BCUT2D eigenvalue weighted by Crippen LogP contribution is 2.27. The van der Waals surface area contributed by atoms with Crippen LogP contribution in [-0.4, -0.2) is 45.5 Å². The van der Waals surface area contributed by atoms with Crippen LogP contribution in [0.5, 0.6) is 5.75 Å². The van der Waals surface area contributed by atoms with Crippen molar-refractivity contribution in [3.05, 3.63) is 23.8 Å². The van der Waals surface area contributed by atoms with E-state index in [9.17, 15) is 8.42 Å². The summed E-state index contributed by atoms with van der Waals surface area (Å²) in [5, 5.41) is 3.15. The minimum atomic E-state index is -3.43. The molecule has 1 aromatic carbocycles. The van der Waals surface area contributed by atoms with Crippen LogP contribution in [0.25, 0.3) is 0 Å². The fourth-order valence-electron chi connectivity index (χ4n) is 3.02. The van der Waals surface area contributed by atoms with Gasteiger partial charge in [-0.25, -0.2) is 8.42 Å². The monoisotopic (exact) mass is 340 g/mol. The summed E-state index contributed by atoms with van der Waals surface area (Å²) in [5.41, 5.74) is 0.851. The van der Waals surface area contributed by atoms with Gasteiger partial charge in [0.15, 0.2) is 0 Å². The number of aryl methyl sites for hydroxylation is 1. The molecule has 5 nitrogen and oxygen atoms in total. The maximum atomic E-state index is 12.9. The van der Waals surface area contributed by atoms with Gasteiger partial charge in [0.2, 0.25) is 10.0 Å². The van der Waals surface area contributed by atoms with E-state index in [2.05, 4.69) is 5.32 Å². The van der Waals surface area contributed by atoms with Crippen LogP contribution in [0.3, 0.4) is 0 Å². The molecule has 0 aromatic heterocycles. The van der Waals surface area contributed by atoms with Crippen molar-refractivity contribution in [1.29, 1.82) is 0 Å². The number of hydrogen-bond donors (Lipinski definition) is 1. The molecule has 1 fully saturated rings. The number of sulfonamides is 1.